The topological polar surface area (TPSA) is 72.7 Å². The highest BCUT2D eigenvalue weighted by molar-refractivity contribution is 14.1. The van der Waals surface area contributed by atoms with E-state index < -0.39 is 0 Å². The van der Waals surface area contributed by atoms with Crippen molar-refractivity contribution in [3.8, 4) is 5.69 Å². The van der Waals surface area contributed by atoms with Crippen molar-refractivity contribution in [3.63, 3.8) is 0 Å². The third kappa shape index (κ3) is 3.14. The Morgan fingerprint density at radius 2 is 2.09 bits per heavy atom. The van der Waals surface area contributed by atoms with E-state index in [-0.39, 0.29) is 5.91 Å². The smallest absolute Gasteiger partial charge is 0.255 e. The number of aryl methyl sites for hydroxylation is 1. The molecular weight excluding hydrogens is 393 g/mol. The summed E-state index contributed by atoms with van der Waals surface area (Å²) in [5.41, 5.74) is 3.11. The molecular formula is C15H12IN5O. The minimum atomic E-state index is -0.167. The normalized spacial score (nSPS) is 10.5. The van der Waals surface area contributed by atoms with Crippen LogP contribution in [0.5, 0.6) is 0 Å². The summed E-state index contributed by atoms with van der Waals surface area (Å²) in [5.74, 6) is -0.167. The second-order valence-electron chi connectivity index (χ2n) is 4.72. The van der Waals surface area contributed by atoms with Crippen LogP contribution in [0.15, 0.2) is 48.8 Å². The number of rotatable bonds is 3. The molecule has 7 heteroatoms. The first-order valence-electron chi connectivity index (χ1n) is 6.54. The summed E-state index contributed by atoms with van der Waals surface area (Å²) in [4.78, 5) is 12.4. The number of anilines is 1. The summed E-state index contributed by atoms with van der Waals surface area (Å²) in [5, 5.41) is 13.9. The fourth-order valence-corrected chi connectivity index (χ4v) is 2.68. The molecule has 3 aromatic rings. The van der Waals surface area contributed by atoms with E-state index in [0.717, 1.165) is 20.5 Å². The fraction of sp³-hybridized carbons (Fsp3) is 0.0667. The van der Waals surface area contributed by atoms with Crippen LogP contribution in [0.1, 0.15) is 15.9 Å². The molecule has 0 aliphatic heterocycles. The van der Waals surface area contributed by atoms with Gasteiger partial charge in [-0.1, -0.05) is 6.07 Å². The Labute approximate surface area is 140 Å². The molecule has 6 nitrogen and oxygen atoms in total. The first-order chi connectivity index (χ1) is 10.6. The van der Waals surface area contributed by atoms with Crippen LogP contribution in [0.4, 0.5) is 5.69 Å². The molecule has 0 saturated carbocycles. The van der Waals surface area contributed by atoms with Gasteiger partial charge in [-0.3, -0.25) is 4.79 Å². The van der Waals surface area contributed by atoms with Gasteiger partial charge in [-0.05, 0) is 81.9 Å². The van der Waals surface area contributed by atoms with Crippen LogP contribution < -0.4 is 5.32 Å². The number of halogens is 1. The molecule has 1 amide bonds. The molecule has 0 aliphatic carbocycles. The Bertz CT molecular complexity index is 817. The number of hydrogen-bond acceptors (Lipinski definition) is 4. The third-order valence-corrected chi connectivity index (χ3v) is 3.83. The van der Waals surface area contributed by atoms with E-state index >= 15 is 0 Å². The van der Waals surface area contributed by atoms with Crippen molar-refractivity contribution in [1.29, 1.82) is 0 Å². The molecule has 2 aromatic carbocycles. The summed E-state index contributed by atoms with van der Waals surface area (Å²) in [6, 6.07) is 13.0. The van der Waals surface area contributed by atoms with Gasteiger partial charge in [0.15, 0.2) is 0 Å². The summed E-state index contributed by atoms with van der Waals surface area (Å²) < 4.78 is 2.64. The maximum atomic E-state index is 12.4. The van der Waals surface area contributed by atoms with Crippen molar-refractivity contribution in [2.75, 3.05) is 5.32 Å². The van der Waals surface area contributed by atoms with Gasteiger partial charge in [-0.2, -0.15) is 0 Å². The molecule has 0 aliphatic rings. The Morgan fingerprint density at radius 3 is 2.82 bits per heavy atom. The summed E-state index contributed by atoms with van der Waals surface area (Å²) >= 11 is 2.24. The van der Waals surface area contributed by atoms with Crippen molar-refractivity contribution in [1.82, 2.24) is 20.2 Å². The standard InChI is InChI=1S/C15H12IN5O/c1-10-7-12(16)5-6-14(10)18-15(22)11-3-2-4-13(8-11)21-9-17-19-20-21/h2-9H,1H3,(H,18,22). The van der Waals surface area contributed by atoms with Crippen molar-refractivity contribution in [2.24, 2.45) is 0 Å². The first-order valence-corrected chi connectivity index (χ1v) is 7.62. The quantitative estimate of drug-likeness (QED) is 0.681. The van der Waals surface area contributed by atoms with Crippen LogP contribution in [0.3, 0.4) is 0 Å². The van der Waals surface area contributed by atoms with Crippen molar-refractivity contribution in [3.05, 3.63) is 63.5 Å². The molecule has 0 radical (unpaired) electrons. The summed E-state index contributed by atoms with van der Waals surface area (Å²) in [6.45, 7) is 1.97. The van der Waals surface area contributed by atoms with E-state index in [1.165, 1.54) is 11.0 Å². The zero-order chi connectivity index (χ0) is 15.5. The van der Waals surface area contributed by atoms with E-state index in [2.05, 4.69) is 43.4 Å². The Kier molecular flexibility index (Phi) is 4.14. The van der Waals surface area contributed by atoms with E-state index in [1.807, 2.05) is 31.2 Å². The van der Waals surface area contributed by atoms with Gasteiger partial charge < -0.3 is 5.32 Å². The molecule has 0 spiro atoms. The van der Waals surface area contributed by atoms with Gasteiger partial charge in [-0.25, -0.2) is 4.68 Å². The number of aromatic nitrogens is 4. The number of amides is 1. The summed E-state index contributed by atoms with van der Waals surface area (Å²) in [7, 11) is 0. The van der Waals surface area contributed by atoms with Gasteiger partial charge in [0, 0.05) is 14.8 Å². The largest absolute Gasteiger partial charge is 0.322 e. The predicted molar refractivity (Wildman–Crippen MR) is 91.0 cm³/mol. The van der Waals surface area contributed by atoms with Crippen molar-refractivity contribution in [2.45, 2.75) is 6.92 Å². The van der Waals surface area contributed by atoms with Crippen LogP contribution in [0.2, 0.25) is 0 Å². The van der Waals surface area contributed by atoms with Crippen LogP contribution >= 0.6 is 22.6 Å². The number of carbonyl (C=O) groups is 1. The summed E-state index contributed by atoms with van der Waals surface area (Å²) in [6.07, 6.45) is 1.49. The average molecular weight is 405 g/mol. The SMILES string of the molecule is Cc1cc(I)ccc1NC(=O)c1cccc(-n2cnnn2)c1. The van der Waals surface area contributed by atoms with E-state index in [9.17, 15) is 4.79 Å². The molecule has 0 bridgehead atoms. The lowest BCUT2D eigenvalue weighted by molar-refractivity contribution is 0.102. The maximum Gasteiger partial charge on any atom is 0.255 e. The van der Waals surface area contributed by atoms with Crippen LogP contribution in [-0.4, -0.2) is 26.1 Å². The Hall–Kier alpha value is -2.29. The predicted octanol–water partition coefficient (Wildman–Crippen LogP) is 2.83. The molecule has 22 heavy (non-hydrogen) atoms. The Morgan fingerprint density at radius 1 is 1.23 bits per heavy atom. The highest BCUT2D eigenvalue weighted by Gasteiger charge is 2.09. The lowest BCUT2D eigenvalue weighted by Crippen LogP contribution is -2.13. The number of carbonyl (C=O) groups excluding carboxylic acids is 1. The fourth-order valence-electron chi connectivity index (χ4n) is 2.03. The van der Waals surface area contributed by atoms with Crippen LogP contribution in [0, 0.1) is 10.5 Å². The third-order valence-electron chi connectivity index (χ3n) is 3.16. The second-order valence-corrected chi connectivity index (χ2v) is 5.96. The van der Waals surface area contributed by atoms with Gasteiger partial charge in [0.2, 0.25) is 0 Å². The maximum absolute atomic E-state index is 12.4. The molecule has 0 saturated heterocycles. The van der Waals surface area contributed by atoms with E-state index in [0.29, 0.717) is 5.56 Å². The number of benzene rings is 2. The van der Waals surface area contributed by atoms with Crippen molar-refractivity contribution >= 4 is 34.2 Å². The molecule has 0 fully saturated rings. The van der Waals surface area contributed by atoms with Gasteiger partial charge in [0.1, 0.15) is 6.33 Å². The number of nitrogens with zero attached hydrogens (tertiary/aromatic N) is 4. The second kappa shape index (κ2) is 6.22. The lowest BCUT2D eigenvalue weighted by Gasteiger charge is -2.09. The molecule has 110 valence electrons. The average Bonchev–Trinajstić information content (AvgIpc) is 3.04. The monoisotopic (exact) mass is 405 g/mol. The van der Waals surface area contributed by atoms with E-state index in [1.54, 1.807) is 18.2 Å². The van der Waals surface area contributed by atoms with Crippen molar-refractivity contribution < 1.29 is 4.79 Å². The Balaban J connectivity index is 1.85. The van der Waals surface area contributed by atoms with Gasteiger partial charge in [0.05, 0.1) is 5.69 Å². The first kappa shape index (κ1) is 14.6. The van der Waals surface area contributed by atoms with Gasteiger partial charge >= 0.3 is 0 Å². The van der Waals surface area contributed by atoms with Gasteiger partial charge in [0.25, 0.3) is 5.91 Å². The lowest BCUT2D eigenvalue weighted by atomic mass is 10.1. The molecule has 1 heterocycles. The zero-order valence-corrected chi connectivity index (χ0v) is 13.9. The molecule has 1 N–H and O–H groups in total. The number of tetrazole rings is 1. The number of nitrogens with one attached hydrogen (secondary N) is 1. The highest BCUT2D eigenvalue weighted by atomic mass is 127. The zero-order valence-electron chi connectivity index (χ0n) is 11.7. The van der Waals surface area contributed by atoms with Crippen LogP contribution in [0.25, 0.3) is 5.69 Å². The van der Waals surface area contributed by atoms with E-state index in [4.69, 9.17) is 0 Å². The minimum Gasteiger partial charge on any atom is -0.322 e. The number of hydrogen-bond donors (Lipinski definition) is 1. The highest BCUT2D eigenvalue weighted by Crippen LogP contribution is 2.19. The molecule has 1 aromatic heterocycles. The molecule has 0 atom stereocenters. The van der Waals surface area contributed by atoms with Crippen LogP contribution in [-0.2, 0) is 0 Å². The minimum absolute atomic E-state index is 0.167. The van der Waals surface area contributed by atoms with Gasteiger partial charge in [-0.15, -0.1) is 5.10 Å². The molecule has 3 rings (SSSR count). The molecule has 0 unspecified atom stereocenters.